The zero-order valence-electron chi connectivity index (χ0n) is 15.3. The van der Waals surface area contributed by atoms with Crippen LogP contribution in [0.3, 0.4) is 0 Å². The Morgan fingerprint density at radius 2 is 1.96 bits per heavy atom. The zero-order valence-corrected chi connectivity index (χ0v) is 15.3. The first-order chi connectivity index (χ1) is 12.1. The molecule has 0 aromatic carbocycles. The number of pyridine rings is 1. The van der Waals surface area contributed by atoms with Crippen LogP contribution in [0.4, 0.5) is 5.82 Å². The Labute approximate surface area is 151 Å². The molecule has 2 aliphatic heterocycles. The third-order valence-electron chi connectivity index (χ3n) is 5.10. The van der Waals surface area contributed by atoms with E-state index < -0.39 is 0 Å². The number of hydrogen-bond donors (Lipinski definition) is 1. The van der Waals surface area contributed by atoms with Gasteiger partial charge in [0.1, 0.15) is 5.82 Å². The fourth-order valence-corrected chi connectivity index (χ4v) is 3.77. The summed E-state index contributed by atoms with van der Waals surface area (Å²) < 4.78 is 0. The van der Waals surface area contributed by atoms with Crippen molar-refractivity contribution >= 4 is 11.7 Å². The van der Waals surface area contributed by atoms with Crippen LogP contribution in [0.25, 0.3) is 0 Å². The van der Waals surface area contributed by atoms with Crippen molar-refractivity contribution in [1.29, 1.82) is 0 Å². The monoisotopic (exact) mass is 342 g/mol. The molecule has 1 aromatic rings. The van der Waals surface area contributed by atoms with E-state index in [1.807, 2.05) is 17.0 Å². The number of carbonyl (C=O) groups is 1. The van der Waals surface area contributed by atoms with Gasteiger partial charge < -0.3 is 10.2 Å². The van der Waals surface area contributed by atoms with Crippen molar-refractivity contribution in [3.05, 3.63) is 36.0 Å². The molecule has 0 spiro atoms. The molecule has 0 bridgehead atoms. The summed E-state index contributed by atoms with van der Waals surface area (Å²) in [5.41, 5.74) is 1.93. The molecule has 5 heteroatoms. The normalized spacial score (nSPS) is 19.6. The minimum absolute atomic E-state index is 0.120. The average molecular weight is 342 g/mol. The van der Waals surface area contributed by atoms with Crippen LogP contribution >= 0.6 is 0 Å². The molecular formula is C20H30N4O. The van der Waals surface area contributed by atoms with Crippen molar-refractivity contribution in [1.82, 2.24) is 14.8 Å². The van der Waals surface area contributed by atoms with E-state index in [0.29, 0.717) is 11.6 Å². The predicted molar refractivity (Wildman–Crippen MR) is 102 cm³/mol. The molecule has 2 saturated heterocycles. The lowest BCUT2D eigenvalue weighted by molar-refractivity contribution is 0.0725. The number of aromatic nitrogens is 1. The molecule has 2 aliphatic rings. The number of rotatable bonds is 5. The second kappa shape index (κ2) is 8.48. The topological polar surface area (TPSA) is 48.5 Å². The van der Waals surface area contributed by atoms with E-state index in [0.717, 1.165) is 64.2 Å². The summed E-state index contributed by atoms with van der Waals surface area (Å²) in [5.74, 6) is 0.867. The van der Waals surface area contributed by atoms with Crippen LogP contribution in [0.2, 0.25) is 0 Å². The van der Waals surface area contributed by atoms with Crippen LogP contribution in [0, 0.1) is 0 Å². The molecule has 5 nitrogen and oxygen atoms in total. The Morgan fingerprint density at radius 1 is 1.24 bits per heavy atom. The summed E-state index contributed by atoms with van der Waals surface area (Å²) in [5, 5.41) is 3.54. The van der Waals surface area contributed by atoms with Gasteiger partial charge in [-0.15, -0.1) is 0 Å². The second-order valence-corrected chi connectivity index (χ2v) is 7.40. The molecular weight excluding hydrogens is 312 g/mol. The second-order valence-electron chi connectivity index (χ2n) is 7.40. The fraction of sp³-hybridized carbons (Fsp3) is 0.600. The third kappa shape index (κ3) is 4.82. The maximum Gasteiger partial charge on any atom is 0.257 e. The lowest BCUT2D eigenvalue weighted by atomic mass is 10.0. The predicted octanol–water partition coefficient (Wildman–Crippen LogP) is 3.16. The summed E-state index contributed by atoms with van der Waals surface area (Å²) in [6.45, 7) is 10.9. The van der Waals surface area contributed by atoms with Gasteiger partial charge in [0.25, 0.3) is 5.91 Å². The number of anilines is 1. The lowest BCUT2D eigenvalue weighted by Gasteiger charge is -2.33. The smallest absolute Gasteiger partial charge is 0.257 e. The molecule has 0 saturated carbocycles. The quantitative estimate of drug-likeness (QED) is 0.835. The van der Waals surface area contributed by atoms with Crippen molar-refractivity contribution in [3.63, 3.8) is 0 Å². The molecule has 0 atom stereocenters. The fourth-order valence-electron chi connectivity index (χ4n) is 3.77. The van der Waals surface area contributed by atoms with Crippen LogP contribution in [0.15, 0.2) is 30.5 Å². The van der Waals surface area contributed by atoms with Crippen molar-refractivity contribution in [2.75, 3.05) is 38.0 Å². The van der Waals surface area contributed by atoms with E-state index >= 15 is 0 Å². The third-order valence-corrected chi connectivity index (χ3v) is 5.10. The van der Waals surface area contributed by atoms with Gasteiger partial charge in [0.05, 0.1) is 5.56 Å². The number of likely N-dealkylation sites (tertiary alicyclic amines) is 2. The van der Waals surface area contributed by atoms with E-state index in [1.54, 1.807) is 6.20 Å². The maximum atomic E-state index is 12.9. The molecule has 0 radical (unpaired) electrons. The summed E-state index contributed by atoms with van der Waals surface area (Å²) in [6, 6.07) is 4.14. The highest BCUT2D eigenvalue weighted by Crippen LogP contribution is 2.21. The summed E-state index contributed by atoms with van der Waals surface area (Å²) in [7, 11) is 0. The highest BCUT2D eigenvalue weighted by molar-refractivity contribution is 5.98. The highest BCUT2D eigenvalue weighted by atomic mass is 16.2. The first-order valence-corrected chi connectivity index (χ1v) is 9.51. The van der Waals surface area contributed by atoms with E-state index in [4.69, 9.17) is 0 Å². The van der Waals surface area contributed by atoms with E-state index in [1.165, 1.54) is 12.0 Å². The number of amides is 1. The van der Waals surface area contributed by atoms with Gasteiger partial charge in [0.15, 0.2) is 0 Å². The minimum atomic E-state index is 0.120. The van der Waals surface area contributed by atoms with Crippen LogP contribution in [-0.4, -0.2) is 59.5 Å². The van der Waals surface area contributed by atoms with Crippen molar-refractivity contribution in [2.24, 2.45) is 0 Å². The van der Waals surface area contributed by atoms with E-state index in [2.05, 4.69) is 28.7 Å². The first-order valence-electron chi connectivity index (χ1n) is 9.51. The highest BCUT2D eigenvalue weighted by Gasteiger charge is 2.24. The number of piperidine rings is 2. The van der Waals surface area contributed by atoms with E-state index in [9.17, 15) is 4.79 Å². The first kappa shape index (κ1) is 17.9. The number of nitrogens with zero attached hydrogens (tertiary/aromatic N) is 3. The van der Waals surface area contributed by atoms with Gasteiger partial charge >= 0.3 is 0 Å². The lowest BCUT2D eigenvalue weighted by Crippen LogP contribution is -2.40. The zero-order chi connectivity index (χ0) is 17.6. The van der Waals surface area contributed by atoms with Crippen LogP contribution in [-0.2, 0) is 0 Å². The Bertz CT molecular complexity index is 601. The maximum absolute atomic E-state index is 12.9. The molecule has 136 valence electrons. The molecule has 1 amide bonds. The molecule has 3 rings (SSSR count). The number of hydrogen-bond acceptors (Lipinski definition) is 4. The molecule has 3 heterocycles. The van der Waals surface area contributed by atoms with Crippen molar-refractivity contribution < 1.29 is 4.79 Å². The minimum Gasteiger partial charge on any atom is -0.367 e. The average Bonchev–Trinajstić information content (AvgIpc) is 2.63. The van der Waals surface area contributed by atoms with Crippen LogP contribution < -0.4 is 5.32 Å². The summed E-state index contributed by atoms with van der Waals surface area (Å²) in [4.78, 5) is 21.7. The Balaban J connectivity index is 1.61. The standard InChI is InChI=1S/C20H30N4O/c1-16(2)15-23-13-8-17(9-14-23)22-19-18(7-6-10-21-19)20(25)24-11-4-3-5-12-24/h6-7,10,17H,1,3-5,8-9,11-15H2,2H3,(H,21,22). The van der Waals surface area contributed by atoms with Gasteiger partial charge in [-0.1, -0.05) is 12.2 Å². The van der Waals surface area contributed by atoms with Crippen molar-refractivity contribution in [3.8, 4) is 0 Å². The van der Waals surface area contributed by atoms with Gasteiger partial charge in [0, 0.05) is 45.0 Å². The number of carbonyl (C=O) groups excluding carboxylic acids is 1. The van der Waals surface area contributed by atoms with E-state index in [-0.39, 0.29) is 5.91 Å². The van der Waals surface area contributed by atoms with Gasteiger partial charge in [-0.05, 0) is 51.2 Å². The SMILES string of the molecule is C=C(C)CN1CCC(Nc2ncccc2C(=O)N2CCCCC2)CC1. The van der Waals surface area contributed by atoms with Crippen molar-refractivity contribution in [2.45, 2.75) is 45.1 Å². The Morgan fingerprint density at radius 3 is 2.64 bits per heavy atom. The summed E-state index contributed by atoms with van der Waals surface area (Å²) >= 11 is 0. The molecule has 1 aromatic heterocycles. The number of nitrogens with one attached hydrogen (secondary N) is 1. The van der Waals surface area contributed by atoms with Gasteiger partial charge in [-0.25, -0.2) is 4.98 Å². The van der Waals surface area contributed by atoms with Gasteiger partial charge in [0.2, 0.25) is 0 Å². The molecule has 2 fully saturated rings. The molecule has 0 aliphatic carbocycles. The van der Waals surface area contributed by atoms with Gasteiger partial charge in [-0.2, -0.15) is 0 Å². The summed E-state index contributed by atoms with van der Waals surface area (Å²) in [6.07, 6.45) is 7.35. The van der Waals surface area contributed by atoms with Crippen LogP contribution in [0.5, 0.6) is 0 Å². The Hall–Kier alpha value is -1.88. The largest absolute Gasteiger partial charge is 0.367 e. The molecule has 1 N–H and O–H groups in total. The molecule has 25 heavy (non-hydrogen) atoms. The molecule has 0 unspecified atom stereocenters. The van der Waals surface area contributed by atoms with Gasteiger partial charge in [-0.3, -0.25) is 9.69 Å². The Kier molecular flexibility index (Phi) is 6.08. The van der Waals surface area contributed by atoms with Crippen LogP contribution in [0.1, 0.15) is 49.4 Å².